The van der Waals surface area contributed by atoms with E-state index in [2.05, 4.69) is 15.7 Å². The van der Waals surface area contributed by atoms with Crippen LogP contribution in [0.25, 0.3) is 0 Å². The predicted molar refractivity (Wildman–Crippen MR) is 85.0 cm³/mol. The lowest BCUT2D eigenvalue weighted by Crippen LogP contribution is -2.28. The molecule has 0 bridgehead atoms. The maximum Gasteiger partial charge on any atom is 0.319 e. The van der Waals surface area contributed by atoms with Gasteiger partial charge in [-0.25, -0.2) is 4.79 Å². The lowest BCUT2D eigenvalue weighted by molar-refractivity contribution is 0.251. The molecule has 2 aromatic rings. The highest BCUT2D eigenvalue weighted by Gasteiger charge is 2.07. The standard InChI is InChI=1S/C14H16Cl2N4O/c1-3-20-8-10(9(2)19-20)7-17-14(21)18-11-4-5-12(15)13(16)6-11/h4-6,8H,3,7H2,1-2H3,(H2,17,18,21). The maximum absolute atomic E-state index is 11.8. The van der Waals surface area contributed by atoms with Crippen LogP contribution in [0.15, 0.2) is 24.4 Å². The van der Waals surface area contributed by atoms with Gasteiger partial charge >= 0.3 is 6.03 Å². The molecular formula is C14H16Cl2N4O. The number of amides is 2. The van der Waals surface area contributed by atoms with Crippen molar-refractivity contribution >= 4 is 34.9 Å². The second kappa shape index (κ2) is 6.83. The molecule has 2 amide bonds. The fourth-order valence-electron chi connectivity index (χ4n) is 1.82. The molecule has 1 aromatic carbocycles. The number of carbonyl (C=O) groups excluding carboxylic acids is 1. The molecule has 0 radical (unpaired) electrons. The Morgan fingerprint density at radius 3 is 2.71 bits per heavy atom. The topological polar surface area (TPSA) is 59.0 Å². The Hall–Kier alpha value is -1.72. The van der Waals surface area contributed by atoms with Gasteiger partial charge in [-0.05, 0) is 32.0 Å². The number of nitrogens with one attached hydrogen (secondary N) is 2. The molecular weight excluding hydrogens is 311 g/mol. The van der Waals surface area contributed by atoms with E-state index in [-0.39, 0.29) is 6.03 Å². The van der Waals surface area contributed by atoms with Crippen LogP contribution >= 0.6 is 23.2 Å². The Labute approximate surface area is 133 Å². The Bertz CT molecular complexity index is 654. The lowest BCUT2D eigenvalue weighted by atomic mass is 10.2. The second-order valence-electron chi connectivity index (χ2n) is 4.53. The average Bonchev–Trinajstić information content (AvgIpc) is 2.81. The van der Waals surface area contributed by atoms with Crippen LogP contribution in [0.3, 0.4) is 0 Å². The molecule has 0 unspecified atom stereocenters. The third kappa shape index (κ3) is 4.12. The minimum Gasteiger partial charge on any atom is -0.334 e. The Balaban J connectivity index is 1.92. The minimum absolute atomic E-state index is 0.308. The zero-order chi connectivity index (χ0) is 15.4. The molecule has 21 heavy (non-hydrogen) atoms. The van der Waals surface area contributed by atoms with Crippen molar-refractivity contribution in [3.8, 4) is 0 Å². The zero-order valence-electron chi connectivity index (χ0n) is 11.8. The third-order valence-electron chi connectivity index (χ3n) is 2.99. The summed E-state index contributed by atoms with van der Waals surface area (Å²) in [5.41, 5.74) is 2.48. The highest BCUT2D eigenvalue weighted by Crippen LogP contribution is 2.24. The van der Waals surface area contributed by atoms with Crippen LogP contribution in [0, 0.1) is 6.92 Å². The van der Waals surface area contributed by atoms with Gasteiger partial charge in [-0.3, -0.25) is 4.68 Å². The molecule has 2 N–H and O–H groups in total. The number of aromatic nitrogens is 2. The third-order valence-corrected chi connectivity index (χ3v) is 3.73. The molecule has 5 nitrogen and oxygen atoms in total. The van der Waals surface area contributed by atoms with Gasteiger partial charge in [0.05, 0.1) is 15.7 Å². The molecule has 0 saturated carbocycles. The molecule has 0 aliphatic rings. The van der Waals surface area contributed by atoms with Crippen LogP contribution in [0.1, 0.15) is 18.2 Å². The van der Waals surface area contributed by atoms with E-state index >= 15 is 0 Å². The largest absolute Gasteiger partial charge is 0.334 e. The van der Waals surface area contributed by atoms with Crippen molar-refractivity contribution in [2.45, 2.75) is 26.9 Å². The Morgan fingerprint density at radius 2 is 2.10 bits per heavy atom. The summed E-state index contributed by atoms with van der Waals surface area (Å²) in [4.78, 5) is 11.8. The molecule has 1 heterocycles. The van der Waals surface area contributed by atoms with E-state index in [1.807, 2.05) is 24.7 Å². The fraction of sp³-hybridized carbons (Fsp3) is 0.286. The molecule has 0 atom stereocenters. The zero-order valence-corrected chi connectivity index (χ0v) is 13.3. The summed E-state index contributed by atoms with van der Waals surface area (Å²) in [7, 11) is 0. The number of halogens is 2. The van der Waals surface area contributed by atoms with Gasteiger partial charge in [0.2, 0.25) is 0 Å². The van der Waals surface area contributed by atoms with Crippen LogP contribution in [0.4, 0.5) is 10.5 Å². The van der Waals surface area contributed by atoms with Crippen LogP contribution < -0.4 is 10.6 Å². The van der Waals surface area contributed by atoms with Gasteiger partial charge in [-0.15, -0.1) is 0 Å². The monoisotopic (exact) mass is 326 g/mol. The van der Waals surface area contributed by atoms with Gasteiger partial charge in [0.25, 0.3) is 0 Å². The number of urea groups is 1. The molecule has 2 rings (SSSR count). The summed E-state index contributed by atoms with van der Waals surface area (Å²) in [6.07, 6.45) is 1.93. The summed E-state index contributed by atoms with van der Waals surface area (Å²) in [5, 5.41) is 10.7. The van der Waals surface area contributed by atoms with E-state index in [4.69, 9.17) is 23.2 Å². The van der Waals surface area contributed by atoms with Crippen LogP contribution in [-0.2, 0) is 13.1 Å². The van der Waals surface area contributed by atoms with Crippen LogP contribution in [-0.4, -0.2) is 15.8 Å². The van der Waals surface area contributed by atoms with Gasteiger partial charge in [-0.1, -0.05) is 23.2 Å². The highest BCUT2D eigenvalue weighted by atomic mass is 35.5. The van der Waals surface area contributed by atoms with Gasteiger partial charge in [-0.2, -0.15) is 5.10 Å². The number of carbonyl (C=O) groups is 1. The number of aryl methyl sites for hydroxylation is 2. The van der Waals surface area contributed by atoms with Crippen molar-refractivity contribution < 1.29 is 4.79 Å². The smallest absolute Gasteiger partial charge is 0.319 e. The van der Waals surface area contributed by atoms with E-state index in [0.717, 1.165) is 17.8 Å². The van der Waals surface area contributed by atoms with Crippen LogP contribution in [0.2, 0.25) is 10.0 Å². The van der Waals surface area contributed by atoms with Crippen molar-refractivity contribution in [3.63, 3.8) is 0 Å². The number of benzene rings is 1. The number of rotatable bonds is 4. The second-order valence-corrected chi connectivity index (χ2v) is 5.35. The first-order valence-corrected chi connectivity index (χ1v) is 7.28. The summed E-state index contributed by atoms with van der Waals surface area (Å²) in [6, 6.07) is 4.62. The number of hydrogen-bond donors (Lipinski definition) is 2. The Morgan fingerprint density at radius 1 is 1.33 bits per heavy atom. The van der Waals surface area contributed by atoms with Crippen molar-refractivity contribution in [1.29, 1.82) is 0 Å². The van der Waals surface area contributed by atoms with E-state index in [0.29, 0.717) is 22.3 Å². The van der Waals surface area contributed by atoms with E-state index in [1.54, 1.807) is 18.2 Å². The SMILES string of the molecule is CCn1cc(CNC(=O)Nc2ccc(Cl)c(Cl)c2)c(C)n1. The van der Waals surface area contributed by atoms with Crippen molar-refractivity contribution in [1.82, 2.24) is 15.1 Å². The number of anilines is 1. The summed E-state index contributed by atoms with van der Waals surface area (Å²) in [6.45, 7) is 5.15. The average molecular weight is 327 g/mol. The highest BCUT2D eigenvalue weighted by molar-refractivity contribution is 6.42. The Kier molecular flexibility index (Phi) is 5.09. The van der Waals surface area contributed by atoms with E-state index in [9.17, 15) is 4.79 Å². The fourth-order valence-corrected chi connectivity index (χ4v) is 2.12. The van der Waals surface area contributed by atoms with Crippen molar-refractivity contribution in [2.24, 2.45) is 0 Å². The predicted octanol–water partition coefficient (Wildman–Crippen LogP) is 3.84. The number of nitrogens with zero attached hydrogens (tertiary/aromatic N) is 2. The van der Waals surface area contributed by atoms with E-state index in [1.165, 1.54) is 0 Å². The maximum atomic E-state index is 11.8. The molecule has 7 heteroatoms. The van der Waals surface area contributed by atoms with Gasteiger partial charge in [0.15, 0.2) is 0 Å². The summed E-state index contributed by atoms with van der Waals surface area (Å²) in [5.74, 6) is 0. The first kappa shape index (κ1) is 15.7. The molecule has 0 fully saturated rings. The summed E-state index contributed by atoms with van der Waals surface area (Å²) < 4.78 is 1.84. The van der Waals surface area contributed by atoms with Crippen molar-refractivity contribution in [3.05, 3.63) is 45.7 Å². The van der Waals surface area contributed by atoms with Crippen molar-refractivity contribution in [2.75, 3.05) is 5.32 Å². The lowest BCUT2D eigenvalue weighted by Gasteiger charge is -2.08. The van der Waals surface area contributed by atoms with Gasteiger partial charge in [0.1, 0.15) is 0 Å². The quantitative estimate of drug-likeness (QED) is 0.896. The molecule has 112 valence electrons. The van der Waals surface area contributed by atoms with Crippen LogP contribution in [0.5, 0.6) is 0 Å². The molecule has 0 aliphatic carbocycles. The molecule has 0 saturated heterocycles. The van der Waals surface area contributed by atoms with Gasteiger partial charge in [0, 0.05) is 30.5 Å². The number of hydrogen-bond acceptors (Lipinski definition) is 2. The molecule has 1 aromatic heterocycles. The molecule has 0 spiro atoms. The molecule has 0 aliphatic heterocycles. The first-order chi connectivity index (χ1) is 9.99. The normalized spacial score (nSPS) is 10.5. The summed E-state index contributed by atoms with van der Waals surface area (Å²) >= 11 is 11.7. The van der Waals surface area contributed by atoms with E-state index < -0.39 is 0 Å². The van der Waals surface area contributed by atoms with Gasteiger partial charge < -0.3 is 10.6 Å². The minimum atomic E-state index is -0.308. The first-order valence-electron chi connectivity index (χ1n) is 6.52.